The lowest BCUT2D eigenvalue weighted by molar-refractivity contribution is -0.134. The van der Waals surface area contributed by atoms with Crippen molar-refractivity contribution < 1.29 is 24.2 Å². The summed E-state index contributed by atoms with van der Waals surface area (Å²) in [5.41, 5.74) is 1.34. The lowest BCUT2D eigenvalue weighted by atomic mass is 9.84. The van der Waals surface area contributed by atoms with E-state index in [0.29, 0.717) is 17.2 Å². The lowest BCUT2D eigenvalue weighted by Gasteiger charge is -2.20. The number of ether oxygens (including phenoxy) is 1. The third-order valence-corrected chi connectivity index (χ3v) is 3.77. The van der Waals surface area contributed by atoms with E-state index in [4.69, 9.17) is 0 Å². The summed E-state index contributed by atoms with van der Waals surface area (Å²) in [4.78, 5) is 34.8. The second-order valence-corrected chi connectivity index (χ2v) is 6.34. The minimum atomic E-state index is -1.23. The van der Waals surface area contributed by atoms with E-state index in [1.165, 1.54) is 13.2 Å². The number of hydrogen-bond acceptors (Lipinski definition) is 4. The summed E-state index contributed by atoms with van der Waals surface area (Å²) < 4.78 is 5.53. The van der Waals surface area contributed by atoms with Crippen molar-refractivity contribution in [3.63, 3.8) is 0 Å². The van der Waals surface area contributed by atoms with Crippen LogP contribution in [0.15, 0.2) is 24.3 Å². The SMILES string of the molecule is COC(=O)C=Cc1c(C=O)c2c(C(C)(C)C)cccc2n1C(=O)O. The minimum Gasteiger partial charge on any atom is -0.466 e. The molecule has 24 heavy (non-hydrogen) atoms. The fraction of sp³-hybridized carbons (Fsp3) is 0.278. The van der Waals surface area contributed by atoms with E-state index < -0.39 is 12.1 Å². The Kier molecular flexibility index (Phi) is 4.59. The number of carboxylic acid groups (broad SMARTS) is 1. The van der Waals surface area contributed by atoms with Crippen LogP contribution < -0.4 is 0 Å². The molecule has 0 bridgehead atoms. The van der Waals surface area contributed by atoms with Gasteiger partial charge in [0.25, 0.3) is 0 Å². The molecule has 0 aliphatic carbocycles. The number of aldehydes is 1. The number of fused-ring (bicyclic) bond motifs is 1. The van der Waals surface area contributed by atoms with Crippen molar-refractivity contribution in [2.45, 2.75) is 26.2 Å². The first-order chi connectivity index (χ1) is 11.2. The van der Waals surface area contributed by atoms with Gasteiger partial charge in [0, 0.05) is 17.0 Å². The Hall–Kier alpha value is -2.89. The molecular weight excluding hydrogens is 310 g/mol. The van der Waals surface area contributed by atoms with E-state index in [0.717, 1.165) is 16.2 Å². The van der Waals surface area contributed by atoms with Crippen LogP contribution in [0.1, 0.15) is 42.4 Å². The first-order valence-corrected chi connectivity index (χ1v) is 7.34. The molecule has 0 radical (unpaired) electrons. The Labute approximate surface area is 139 Å². The highest BCUT2D eigenvalue weighted by atomic mass is 16.5. The van der Waals surface area contributed by atoms with Gasteiger partial charge >= 0.3 is 12.1 Å². The summed E-state index contributed by atoms with van der Waals surface area (Å²) in [7, 11) is 1.22. The fourth-order valence-corrected chi connectivity index (χ4v) is 2.72. The predicted octanol–water partition coefficient (Wildman–Crippen LogP) is 3.46. The highest BCUT2D eigenvalue weighted by molar-refractivity contribution is 6.08. The average Bonchev–Trinajstić information content (AvgIpc) is 2.84. The van der Waals surface area contributed by atoms with Crippen LogP contribution in [0, 0.1) is 0 Å². The molecule has 0 spiro atoms. The van der Waals surface area contributed by atoms with Crippen molar-refractivity contribution in [2.24, 2.45) is 0 Å². The quantitative estimate of drug-likeness (QED) is 0.529. The van der Waals surface area contributed by atoms with Crippen LogP contribution in [0.2, 0.25) is 0 Å². The maximum Gasteiger partial charge on any atom is 0.416 e. The summed E-state index contributed by atoms with van der Waals surface area (Å²) in [5, 5.41) is 10.2. The van der Waals surface area contributed by atoms with E-state index in [2.05, 4.69) is 4.74 Å². The molecule has 0 fully saturated rings. The third-order valence-electron chi connectivity index (χ3n) is 3.77. The largest absolute Gasteiger partial charge is 0.466 e. The standard InChI is InChI=1S/C18H19NO5/c1-18(2,3)12-6-5-7-14-16(12)11(10-20)13(19(14)17(22)23)8-9-15(21)24-4/h5-10H,1-4H3,(H,22,23). The van der Waals surface area contributed by atoms with Gasteiger partial charge in [-0.15, -0.1) is 0 Å². The van der Waals surface area contributed by atoms with E-state index in [1.807, 2.05) is 26.8 Å². The average molecular weight is 329 g/mol. The van der Waals surface area contributed by atoms with Crippen molar-refractivity contribution >= 4 is 35.3 Å². The molecule has 0 atom stereocenters. The molecule has 6 heteroatoms. The highest BCUT2D eigenvalue weighted by Gasteiger charge is 2.25. The Balaban J connectivity index is 2.94. The number of methoxy groups -OCH3 is 1. The molecular formula is C18H19NO5. The van der Waals surface area contributed by atoms with Gasteiger partial charge in [0.2, 0.25) is 0 Å². The molecule has 0 saturated heterocycles. The van der Waals surface area contributed by atoms with Crippen LogP contribution in [0.4, 0.5) is 4.79 Å². The maximum atomic E-state index is 11.7. The van der Waals surface area contributed by atoms with Gasteiger partial charge in [0.15, 0.2) is 6.29 Å². The van der Waals surface area contributed by atoms with Gasteiger partial charge in [0.05, 0.1) is 18.3 Å². The van der Waals surface area contributed by atoms with Crippen LogP contribution in [-0.4, -0.2) is 35.1 Å². The van der Waals surface area contributed by atoms with E-state index in [-0.39, 0.29) is 16.7 Å². The molecule has 1 N–H and O–H groups in total. The summed E-state index contributed by atoms with van der Waals surface area (Å²) in [6, 6.07) is 5.27. The van der Waals surface area contributed by atoms with Crippen LogP contribution >= 0.6 is 0 Å². The summed E-state index contributed by atoms with van der Waals surface area (Å²) >= 11 is 0. The molecule has 6 nitrogen and oxygen atoms in total. The first-order valence-electron chi connectivity index (χ1n) is 7.34. The molecule has 2 aromatic rings. The summed E-state index contributed by atoms with van der Waals surface area (Å²) in [6.45, 7) is 5.95. The monoisotopic (exact) mass is 329 g/mol. The fourth-order valence-electron chi connectivity index (χ4n) is 2.72. The molecule has 0 unspecified atom stereocenters. The Morgan fingerprint density at radius 1 is 1.25 bits per heavy atom. The first kappa shape index (κ1) is 17.5. The zero-order valence-electron chi connectivity index (χ0n) is 14.0. The van der Waals surface area contributed by atoms with Gasteiger partial charge in [-0.2, -0.15) is 0 Å². The van der Waals surface area contributed by atoms with Crippen molar-refractivity contribution in [3.8, 4) is 0 Å². The molecule has 0 aliphatic rings. The van der Waals surface area contributed by atoms with E-state index in [9.17, 15) is 19.5 Å². The van der Waals surface area contributed by atoms with E-state index >= 15 is 0 Å². The van der Waals surface area contributed by atoms with Gasteiger partial charge in [0.1, 0.15) is 0 Å². The molecule has 1 aromatic carbocycles. The number of esters is 1. The smallest absolute Gasteiger partial charge is 0.416 e. The van der Waals surface area contributed by atoms with Crippen LogP contribution in [0.3, 0.4) is 0 Å². The van der Waals surface area contributed by atoms with Crippen LogP contribution in [0.5, 0.6) is 0 Å². The number of carbonyl (C=O) groups excluding carboxylic acids is 2. The molecule has 1 heterocycles. The third kappa shape index (κ3) is 2.95. The second kappa shape index (κ2) is 6.31. The number of hydrogen-bond donors (Lipinski definition) is 1. The zero-order chi connectivity index (χ0) is 18.1. The maximum absolute atomic E-state index is 11.7. The Morgan fingerprint density at radius 3 is 2.42 bits per heavy atom. The molecule has 2 rings (SSSR count). The molecule has 0 aliphatic heterocycles. The minimum absolute atomic E-state index is 0.134. The number of carbonyl (C=O) groups is 3. The van der Waals surface area contributed by atoms with Crippen LogP contribution in [-0.2, 0) is 14.9 Å². The van der Waals surface area contributed by atoms with Crippen LogP contribution in [0.25, 0.3) is 17.0 Å². The topological polar surface area (TPSA) is 85.6 Å². The van der Waals surface area contributed by atoms with Gasteiger partial charge in [-0.25, -0.2) is 14.2 Å². The van der Waals surface area contributed by atoms with Crippen molar-refractivity contribution in [1.82, 2.24) is 4.57 Å². The number of rotatable bonds is 3. The summed E-state index contributed by atoms with van der Waals surface area (Å²) in [6.07, 6.45) is 1.77. The highest BCUT2D eigenvalue weighted by Crippen LogP contribution is 2.35. The number of nitrogens with zero attached hydrogens (tertiary/aromatic N) is 1. The zero-order valence-corrected chi connectivity index (χ0v) is 14.0. The lowest BCUT2D eigenvalue weighted by Crippen LogP contribution is -2.12. The number of benzene rings is 1. The van der Waals surface area contributed by atoms with Crippen molar-refractivity contribution in [1.29, 1.82) is 0 Å². The van der Waals surface area contributed by atoms with Gasteiger partial charge < -0.3 is 9.84 Å². The van der Waals surface area contributed by atoms with Gasteiger partial charge in [-0.05, 0) is 23.1 Å². The molecule has 1 aromatic heterocycles. The molecule has 0 amide bonds. The predicted molar refractivity (Wildman–Crippen MR) is 90.5 cm³/mol. The summed E-state index contributed by atoms with van der Waals surface area (Å²) in [5.74, 6) is -0.634. The van der Waals surface area contributed by atoms with Crippen molar-refractivity contribution in [2.75, 3.05) is 7.11 Å². The number of aromatic nitrogens is 1. The van der Waals surface area contributed by atoms with Gasteiger partial charge in [-0.1, -0.05) is 32.9 Å². The Morgan fingerprint density at radius 2 is 1.92 bits per heavy atom. The van der Waals surface area contributed by atoms with Gasteiger partial charge in [-0.3, -0.25) is 4.79 Å². The molecule has 126 valence electrons. The normalized spacial score (nSPS) is 11.8. The second-order valence-electron chi connectivity index (χ2n) is 6.34. The van der Waals surface area contributed by atoms with Crippen molar-refractivity contribution in [3.05, 3.63) is 41.1 Å². The van der Waals surface area contributed by atoms with E-state index in [1.54, 1.807) is 12.1 Å². The Bertz CT molecular complexity index is 852. The molecule has 0 saturated carbocycles.